The molecule has 26 heavy (non-hydrogen) atoms. The van der Waals surface area contributed by atoms with E-state index < -0.39 is 10.0 Å². The van der Waals surface area contributed by atoms with Gasteiger partial charge in [-0.25, -0.2) is 13.4 Å². The summed E-state index contributed by atoms with van der Waals surface area (Å²) < 4.78 is 27.0. The molecule has 0 radical (unpaired) electrons. The maximum atomic E-state index is 12.7. The summed E-state index contributed by atoms with van der Waals surface area (Å²) in [5, 5.41) is 6.21. The van der Waals surface area contributed by atoms with Gasteiger partial charge in [-0.15, -0.1) is 11.3 Å². The third kappa shape index (κ3) is 4.43. The summed E-state index contributed by atoms with van der Waals surface area (Å²) in [5.74, 6) is 0.169. The number of aromatic nitrogens is 1. The number of thiazole rings is 1. The first-order valence-corrected chi connectivity index (χ1v) is 11.0. The molecule has 1 saturated heterocycles. The maximum absolute atomic E-state index is 12.7. The van der Waals surface area contributed by atoms with Gasteiger partial charge in [0.15, 0.2) is 0 Å². The van der Waals surface area contributed by atoms with Crippen LogP contribution in [0, 0.1) is 0 Å². The molecule has 2 aromatic rings. The van der Waals surface area contributed by atoms with Gasteiger partial charge in [0.2, 0.25) is 15.9 Å². The van der Waals surface area contributed by atoms with Gasteiger partial charge in [0.05, 0.1) is 22.1 Å². The van der Waals surface area contributed by atoms with Gasteiger partial charge in [0.1, 0.15) is 0 Å². The number of nitrogens with zero attached hydrogens (tertiary/aromatic N) is 2. The number of hydrogen-bond acceptors (Lipinski definition) is 5. The van der Waals surface area contributed by atoms with Crippen molar-refractivity contribution in [3.63, 3.8) is 0 Å². The predicted molar refractivity (Wildman–Crippen MR) is 102 cm³/mol. The van der Waals surface area contributed by atoms with Crippen LogP contribution in [0.15, 0.2) is 34.5 Å². The Morgan fingerprint density at radius 1 is 1.31 bits per heavy atom. The minimum atomic E-state index is -3.49. The smallest absolute Gasteiger partial charge is 0.243 e. The Labute approximate surface area is 162 Å². The monoisotopic (exact) mass is 413 g/mol. The number of nitrogens with one attached hydrogen (secondary N) is 1. The van der Waals surface area contributed by atoms with Crippen molar-refractivity contribution in [2.45, 2.75) is 37.1 Å². The van der Waals surface area contributed by atoms with Crippen molar-refractivity contribution in [1.29, 1.82) is 0 Å². The van der Waals surface area contributed by atoms with Crippen molar-refractivity contribution in [2.24, 2.45) is 0 Å². The standard InChI is InChI=1S/C17H20ClN3O3S2/c1-12(22)19-10-15-11-25-17(20-15)13-6-8-21(9-7-13)26(23,24)16-4-2-14(18)3-5-16/h2-5,11,13H,6-10H2,1H3,(H,19,22). The lowest BCUT2D eigenvalue weighted by atomic mass is 9.99. The largest absolute Gasteiger partial charge is 0.351 e. The van der Waals surface area contributed by atoms with E-state index in [0.29, 0.717) is 24.7 Å². The van der Waals surface area contributed by atoms with Gasteiger partial charge in [-0.3, -0.25) is 4.79 Å². The number of hydrogen-bond donors (Lipinski definition) is 1. The molecule has 2 heterocycles. The summed E-state index contributed by atoms with van der Waals surface area (Å²) in [5.41, 5.74) is 0.844. The fraction of sp³-hybridized carbons (Fsp3) is 0.412. The summed E-state index contributed by atoms with van der Waals surface area (Å²) in [6.07, 6.45) is 1.47. The number of piperidine rings is 1. The first kappa shape index (κ1) is 19.3. The van der Waals surface area contributed by atoms with Crippen LogP contribution in [0.5, 0.6) is 0 Å². The Balaban J connectivity index is 1.62. The zero-order chi connectivity index (χ0) is 18.7. The molecule has 0 aliphatic carbocycles. The average molecular weight is 414 g/mol. The quantitative estimate of drug-likeness (QED) is 0.817. The lowest BCUT2D eigenvalue weighted by Gasteiger charge is -2.30. The van der Waals surface area contributed by atoms with E-state index in [-0.39, 0.29) is 16.7 Å². The zero-order valence-corrected chi connectivity index (χ0v) is 16.7. The molecular formula is C17H20ClN3O3S2. The number of rotatable bonds is 5. The molecule has 0 unspecified atom stereocenters. The average Bonchev–Trinajstić information content (AvgIpc) is 3.09. The molecule has 1 amide bonds. The first-order chi connectivity index (χ1) is 12.4. The summed E-state index contributed by atoms with van der Waals surface area (Å²) >= 11 is 7.41. The van der Waals surface area contributed by atoms with E-state index in [1.807, 2.05) is 5.38 Å². The van der Waals surface area contributed by atoms with Gasteiger partial charge in [-0.1, -0.05) is 11.6 Å². The molecule has 0 bridgehead atoms. The second-order valence-electron chi connectivity index (χ2n) is 6.22. The van der Waals surface area contributed by atoms with E-state index in [1.54, 1.807) is 35.6 Å². The summed E-state index contributed by atoms with van der Waals surface area (Å²) in [7, 11) is -3.49. The van der Waals surface area contributed by atoms with Crippen LogP contribution in [0.2, 0.25) is 5.02 Å². The Morgan fingerprint density at radius 2 is 1.96 bits per heavy atom. The molecule has 1 N–H and O–H groups in total. The van der Waals surface area contributed by atoms with Gasteiger partial charge >= 0.3 is 0 Å². The fourth-order valence-electron chi connectivity index (χ4n) is 2.91. The highest BCUT2D eigenvalue weighted by atomic mass is 35.5. The minimum absolute atomic E-state index is 0.0831. The lowest BCUT2D eigenvalue weighted by Crippen LogP contribution is -2.37. The number of sulfonamides is 1. The van der Waals surface area contributed by atoms with Crippen molar-refractivity contribution < 1.29 is 13.2 Å². The predicted octanol–water partition coefficient (Wildman–Crippen LogP) is 3.00. The molecule has 0 saturated carbocycles. The van der Waals surface area contributed by atoms with Crippen LogP contribution in [0.3, 0.4) is 0 Å². The van der Waals surface area contributed by atoms with Crippen LogP contribution in [0.4, 0.5) is 0 Å². The molecule has 140 valence electrons. The highest BCUT2D eigenvalue weighted by Crippen LogP contribution is 2.32. The molecule has 0 spiro atoms. The minimum Gasteiger partial charge on any atom is -0.351 e. The van der Waals surface area contributed by atoms with Gasteiger partial charge in [0.25, 0.3) is 0 Å². The van der Waals surface area contributed by atoms with Crippen molar-refractivity contribution in [3.8, 4) is 0 Å². The highest BCUT2D eigenvalue weighted by Gasteiger charge is 2.30. The Hall–Kier alpha value is -1.48. The SMILES string of the molecule is CC(=O)NCc1csc(C2CCN(S(=O)(=O)c3ccc(Cl)cc3)CC2)n1. The molecule has 9 heteroatoms. The van der Waals surface area contributed by atoms with E-state index in [4.69, 9.17) is 11.6 Å². The lowest BCUT2D eigenvalue weighted by molar-refractivity contribution is -0.119. The normalized spacial score (nSPS) is 16.5. The van der Waals surface area contributed by atoms with Crippen LogP contribution >= 0.6 is 22.9 Å². The van der Waals surface area contributed by atoms with E-state index in [2.05, 4.69) is 10.3 Å². The summed E-state index contributed by atoms with van der Waals surface area (Å²) in [4.78, 5) is 15.8. The van der Waals surface area contributed by atoms with Crippen LogP contribution in [0.25, 0.3) is 0 Å². The third-order valence-corrected chi connectivity index (χ3v) is 7.56. The fourth-order valence-corrected chi connectivity index (χ4v) is 5.49. The van der Waals surface area contributed by atoms with Gasteiger partial charge in [-0.05, 0) is 37.1 Å². The van der Waals surface area contributed by atoms with E-state index in [1.165, 1.54) is 11.2 Å². The van der Waals surface area contributed by atoms with Crippen LogP contribution < -0.4 is 5.32 Å². The second kappa shape index (κ2) is 8.04. The van der Waals surface area contributed by atoms with Crippen molar-refractivity contribution >= 4 is 38.9 Å². The van der Waals surface area contributed by atoms with E-state index in [9.17, 15) is 13.2 Å². The second-order valence-corrected chi connectivity index (χ2v) is 9.48. The Morgan fingerprint density at radius 3 is 2.58 bits per heavy atom. The molecule has 0 atom stereocenters. The number of benzene rings is 1. The van der Waals surface area contributed by atoms with Crippen LogP contribution in [-0.2, 0) is 21.4 Å². The van der Waals surface area contributed by atoms with E-state index in [0.717, 1.165) is 23.5 Å². The number of halogens is 1. The van der Waals surface area contributed by atoms with Gasteiger partial charge in [0, 0.05) is 36.3 Å². The molecule has 1 aromatic heterocycles. The molecule has 1 aromatic carbocycles. The third-order valence-electron chi connectivity index (χ3n) is 4.34. The Bertz CT molecular complexity index is 873. The van der Waals surface area contributed by atoms with Gasteiger partial charge < -0.3 is 5.32 Å². The first-order valence-electron chi connectivity index (χ1n) is 8.30. The van der Waals surface area contributed by atoms with Crippen LogP contribution in [0.1, 0.15) is 36.4 Å². The zero-order valence-electron chi connectivity index (χ0n) is 14.3. The maximum Gasteiger partial charge on any atom is 0.243 e. The molecule has 1 aliphatic heterocycles. The summed E-state index contributed by atoms with van der Waals surface area (Å²) in [6.45, 7) is 2.84. The number of carbonyl (C=O) groups is 1. The van der Waals surface area contributed by atoms with Gasteiger partial charge in [-0.2, -0.15) is 4.31 Å². The molecule has 1 fully saturated rings. The van der Waals surface area contributed by atoms with Crippen molar-refractivity contribution in [3.05, 3.63) is 45.4 Å². The number of carbonyl (C=O) groups excluding carboxylic acids is 1. The molecular weight excluding hydrogens is 394 g/mol. The Kier molecular flexibility index (Phi) is 5.96. The van der Waals surface area contributed by atoms with Crippen molar-refractivity contribution in [2.75, 3.05) is 13.1 Å². The molecule has 1 aliphatic rings. The topological polar surface area (TPSA) is 79.4 Å². The summed E-state index contributed by atoms with van der Waals surface area (Å²) in [6, 6.07) is 6.26. The number of amides is 1. The molecule has 6 nitrogen and oxygen atoms in total. The van der Waals surface area contributed by atoms with Crippen molar-refractivity contribution in [1.82, 2.24) is 14.6 Å². The van der Waals surface area contributed by atoms with E-state index >= 15 is 0 Å². The highest BCUT2D eigenvalue weighted by molar-refractivity contribution is 7.89. The van der Waals surface area contributed by atoms with Crippen LogP contribution in [-0.4, -0.2) is 36.7 Å². The molecule has 3 rings (SSSR count).